The van der Waals surface area contributed by atoms with Crippen LogP contribution in [-0.4, -0.2) is 17.1 Å². The lowest BCUT2D eigenvalue weighted by Crippen LogP contribution is -2.25. The predicted octanol–water partition coefficient (Wildman–Crippen LogP) is 6.94. The molecule has 0 aliphatic carbocycles. The van der Waals surface area contributed by atoms with Gasteiger partial charge in [0, 0.05) is 16.1 Å². The zero-order valence-corrected chi connectivity index (χ0v) is 19.4. The van der Waals surface area contributed by atoms with Crippen LogP contribution in [0.5, 0.6) is 0 Å². The van der Waals surface area contributed by atoms with E-state index in [1.165, 1.54) is 6.92 Å². The Morgan fingerprint density at radius 3 is 1.97 bits per heavy atom. The van der Waals surface area contributed by atoms with E-state index < -0.39 is 51.9 Å². The van der Waals surface area contributed by atoms with Crippen molar-refractivity contribution in [2.75, 3.05) is 10.6 Å². The molecule has 3 aromatic rings. The Morgan fingerprint density at radius 1 is 0.861 bits per heavy atom. The Labute approximate surface area is 204 Å². The fraction of sp³-hybridized carbons (Fsp3) is 0.167. The van der Waals surface area contributed by atoms with Crippen molar-refractivity contribution in [2.45, 2.75) is 30.2 Å². The highest BCUT2D eigenvalue weighted by Crippen LogP contribution is 2.38. The summed E-state index contributed by atoms with van der Waals surface area (Å²) in [5.41, 5.74) is -2.59. The number of thioether (sulfide) groups is 1. The molecule has 0 fully saturated rings. The number of hydrogen-bond acceptors (Lipinski definition) is 3. The number of anilines is 2. The third kappa shape index (κ3) is 5.99. The van der Waals surface area contributed by atoms with Crippen molar-refractivity contribution in [2.24, 2.45) is 0 Å². The Balaban J connectivity index is 1.68. The molecular weight excluding hydrogens is 513 g/mol. The molecule has 36 heavy (non-hydrogen) atoms. The zero-order valence-electron chi connectivity index (χ0n) is 18.6. The van der Waals surface area contributed by atoms with Crippen molar-refractivity contribution in [3.8, 4) is 0 Å². The number of hydrogen-bond donors (Lipinski definition) is 2. The van der Waals surface area contributed by atoms with Gasteiger partial charge < -0.3 is 10.6 Å². The summed E-state index contributed by atoms with van der Waals surface area (Å²) in [7, 11) is 0. The maximum atomic E-state index is 14.0. The highest BCUT2D eigenvalue weighted by atomic mass is 32.2. The number of carbonyl (C=O) groups excluding carboxylic acids is 2. The highest BCUT2D eigenvalue weighted by Gasteiger charge is 2.42. The molecule has 1 unspecified atom stereocenters. The summed E-state index contributed by atoms with van der Waals surface area (Å²) in [4.78, 5) is 25.1. The predicted molar refractivity (Wildman–Crippen MR) is 121 cm³/mol. The number of benzene rings is 3. The van der Waals surface area contributed by atoms with Crippen LogP contribution in [0.25, 0.3) is 0 Å². The lowest BCUT2D eigenvalue weighted by Gasteiger charge is -2.16. The van der Waals surface area contributed by atoms with Crippen LogP contribution >= 0.6 is 11.8 Å². The summed E-state index contributed by atoms with van der Waals surface area (Å²) in [6.07, 6.45) is -5.69. The van der Waals surface area contributed by atoms with Crippen LogP contribution < -0.4 is 10.6 Å². The van der Waals surface area contributed by atoms with Gasteiger partial charge in [-0.15, -0.1) is 11.8 Å². The van der Waals surface area contributed by atoms with Gasteiger partial charge in [0.05, 0.1) is 5.25 Å². The van der Waals surface area contributed by atoms with E-state index in [9.17, 15) is 40.3 Å². The number of halogens is 7. The molecule has 0 heterocycles. The summed E-state index contributed by atoms with van der Waals surface area (Å²) >= 11 is 0.887. The molecule has 3 rings (SSSR count). The maximum Gasteiger partial charge on any atom is 0.422 e. The summed E-state index contributed by atoms with van der Waals surface area (Å²) in [6.45, 7) is 3.15. The number of amides is 2. The van der Waals surface area contributed by atoms with Crippen molar-refractivity contribution in [1.82, 2.24) is 0 Å². The van der Waals surface area contributed by atoms with E-state index in [2.05, 4.69) is 5.32 Å². The first-order valence-corrected chi connectivity index (χ1v) is 11.1. The molecule has 0 aliphatic heterocycles. The SMILES string of the molecule is Cc1cccc(C(=O)Nc2ccc(SC(C)C(=O)Nc3c(F)c(F)c(C(F)(F)F)c(F)c3F)cc2)c1. The standard InChI is InChI=1S/C24H17F7N2O2S/c1-11-4-3-5-13(10-11)23(35)32-14-6-8-15(9-7-14)36-12(2)22(34)33-21-19(27)17(25)16(24(29,30)31)18(26)20(21)28/h3-10,12H,1-2H3,(H,32,35)(H,33,34). The molecule has 1 atom stereocenters. The molecule has 190 valence electrons. The minimum Gasteiger partial charge on any atom is -0.322 e. The minimum absolute atomic E-state index is 0.341. The molecule has 0 bridgehead atoms. The van der Waals surface area contributed by atoms with Crippen LogP contribution in [0, 0.1) is 30.2 Å². The number of rotatable bonds is 6. The van der Waals surface area contributed by atoms with Crippen LogP contribution in [0.2, 0.25) is 0 Å². The van der Waals surface area contributed by atoms with Gasteiger partial charge in [0.15, 0.2) is 23.3 Å². The summed E-state index contributed by atoms with van der Waals surface area (Å²) in [5, 5.41) is 3.22. The van der Waals surface area contributed by atoms with E-state index in [0.717, 1.165) is 17.3 Å². The molecule has 2 N–H and O–H groups in total. The number of carbonyl (C=O) groups is 2. The molecular formula is C24H17F7N2O2S. The highest BCUT2D eigenvalue weighted by molar-refractivity contribution is 8.00. The molecule has 0 radical (unpaired) electrons. The van der Waals surface area contributed by atoms with Gasteiger partial charge >= 0.3 is 6.18 Å². The van der Waals surface area contributed by atoms with Gasteiger partial charge in [-0.05, 0) is 50.2 Å². The lowest BCUT2D eigenvalue weighted by molar-refractivity contribution is -0.143. The van der Waals surface area contributed by atoms with Crippen LogP contribution in [0.15, 0.2) is 53.4 Å². The molecule has 2 amide bonds. The quantitative estimate of drug-likeness (QED) is 0.206. The first-order chi connectivity index (χ1) is 16.8. The second kappa shape index (κ2) is 10.6. The van der Waals surface area contributed by atoms with Crippen molar-refractivity contribution < 1.29 is 40.3 Å². The van der Waals surface area contributed by atoms with Gasteiger partial charge in [-0.3, -0.25) is 9.59 Å². The van der Waals surface area contributed by atoms with Gasteiger partial charge in [-0.25, -0.2) is 17.6 Å². The van der Waals surface area contributed by atoms with E-state index in [4.69, 9.17) is 0 Å². The number of aryl methyl sites for hydroxylation is 1. The van der Waals surface area contributed by atoms with Crippen LogP contribution in [0.4, 0.5) is 42.1 Å². The van der Waals surface area contributed by atoms with E-state index >= 15 is 0 Å². The van der Waals surface area contributed by atoms with Crippen molar-refractivity contribution in [3.05, 3.63) is 88.5 Å². The monoisotopic (exact) mass is 530 g/mol. The van der Waals surface area contributed by atoms with Gasteiger partial charge in [-0.1, -0.05) is 17.7 Å². The molecule has 0 spiro atoms. The average molecular weight is 530 g/mol. The molecule has 0 aliphatic rings. The second-order valence-corrected chi connectivity index (χ2v) is 9.02. The third-order valence-electron chi connectivity index (χ3n) is 4.87. The first-order valence-electron chi connectivity index (χ1n) is 10.2. The Morgan fingerprint density at radius 2 is 1.44 bits per heavy atom. The maximum absolute atomic E-state index is 14.0. The first kappa shape index (κ1) is 27.1. The van der Waals surface area contributed by atoms with E-state index in [1.54, 1.807) is 47.8 Å². The van der Waals surface area contributed by atoms with Crippen molar-refractivity contribution >= 4 is 35.0 Å². The minimum atomic E-state index is -5.69. The van der Waals surface area contributed by atoms with Gasteiger partial charge in [-0.2, -0.15) is 13.2 Å². The number of nitrogens with one attached hydrogen (secondary N) is 2. The molecule has 0 aromatic heterocycles. The third-order valence-corrected chi connectivity index (χ3v) is 5.98. The van der Waals surface area contributed by atoms with Gasteiger partial charge in [0.2, 0.25) is 5.91 Å². The summed E-state index contributed by atoms with van der Waals surface area (Å²) < 4.78 is 93.7. The fourth-order valence-electron chi connectivity index (χ4n) is 3.08. The topological polar surface area (TPSA) is 58.2 Å². The van der Waals surface area contributed by atoms with Gasteiger partial charge in [0.1, 0.15) is 11.3 Å². The normalized spacial score (nSPS) is 12.2. The van der Waals surface area contributed by atoms with Crippen LogP contribution in [0.1, 0.15) is 28.4 Å². The summed E-state index contributed by atoms with van der Waals surface area (Å²) in [6, 6.07) is 13.1. The van der Waals surface area contributed by atoms with Crippen LogP contribution in [-0.2, 0) is 11.0 Å². The smallest absolute Gasteiger partial charge is 0.322 e. The second-order valence-electron chi connectivity index (χ2n) is 7.60. The Bertz CT molecular complexity index is 1280. The van der Waals surface area contributed by atoms with Crippen molar-refractivity contribution in [1.29, 1.82) is 0 Å². The summed E-state index contributed by atoms with van der Waals surface area (Å²) in [5.74, 6) is -11.5. The van der Waals surface area contributed by atoms with E-state index in [0.29, 0.717) is 16.1 Å². The molecule has 3 aromatic carbocycles. The van der Waals surface area contributed by atoms with Crippen LogP contribution in [0.3, 0.4) is 0 Å². The van der Waals surface area contributed by atoms with Crippen molar-refractivity contribution in [3.63, 3.8) is 0 Å². The molecule has 4 nitrogen and oxygen atoms in total. The van der Waals surface area contributed by atoms with E-state index in [1.807, 2.05) is 13.0 Å². The van der Waals surface area contributed by atoms with E-state index in [-0.39, 0.29) is 5.91 Å². The molecule has 0 saturated heterocycles. The van der Waals surface area contributed by atoms with Gasteiger partial charge in [0.25, 0.3) is 5.91 Å². The zero-order chi connectivity index (χ0) is 26.8. The Kier molecular flexibility index (Phi) is 7.97. The Hall–Kier alpha value is -3.54. The molecule has 12 heteroatoms. The number of alkyl halides is 3. The fourth-order valence-corrected chi connectivity index (χ4v) is 3.95. The lowest BCUT2D eigenvalue weighted by atomic mass is 10.1. The molecule has 0 saturated carbocycles. The largest absolute Gasteiger partial charge is 0.422 e. The average Bonchev–Trinajstić information content (AvgIpc) is 2.80.